The Morgan fingerprint density at radius 1 is 1.47 bits per heavy atom. The molecule has 0 aromatic rings. The number of nitrogens with zero attached hydrogens (tertiary/aromatic N) is 1. The van der Waals surface area contributed by atoms with E-state index in [0.29, 0.717) is 6.42 Å². The summed E-state index contributed by atoms with van der Waals surface area (Å²) in [4.78, 5) is 13.9. The highest BCUT2D eigenvalue weighted by Crippen LogP contribution is 2.48. The van der Waals surface area contributed by atoms with Crippen LogP contribution < -0.4 is 5.73 Å². The monoisotopic (exact) mass is 210 g/mol. The standard InChI is InChI=1S/C12H22N2O/c1-8(2)14-10(15)7-9(13)11(14)12(3)5-4-6-12/h8-9,11H,4-7,13H2,1-3H3. The Balaban J connectivity index is 2.23. The summed E-state index contributed by atoms with van der Waals surface area (Å²) in [6.07, 6.45) is 4.28. The first-order chi connectivity index (χ1) is 6.96. The molecular weight excluding hydrogens is 188 g/mol. The lowest BCUT2D eigenvalue weighted by molar-refractivity contribution is -0.133. The predicted molar refractivity (Wildman–Crippen MR) is 60.3 cm³/mol. The van der Waals surface area contributed by atoms with Gasteiger partial charge >= 0.3 is 0 Å². The molecule has 2 aliphatic rings. The third kappa shape index (κ3) is 1.57. The highest BCUT2D eigenvalue weighted by Gasteiger charge is 2.51. The van der Waals surface area contributed by atoms with E-state index >= 15 is 0 Å². The van der Waals surface area contributed by atoms with Gasteiger partial charge in [-0.1, -0.05) is 13.3 Å². The maximum Gasteiger partial charge on any atom is 0.224 e. The summed E-state index contributed by atoms with van der Waals surface area (Å²) in [5.74, 6) is 0.246. The van der Waals surface area contributed by atoms with Crippen LogP contribution in [0.15, 0.2) is 0 Å². The Morgan fingerprint density at radius 2 is 2.07 bits per heavy atom. The number of hydrogen-bond acceptors (Lipinski definition) is 2. The first kappa shape index (κ1) is 10.9. The average Bonchev–Trinajstić information content (AvgIpc) is 2.37. The predicted octanol–water partition coefficient (Wildman–Crippen LogP) is 1.51. The van der Waals surface area contributed by atoms with Crippen LogP contribution in [0.2, 0.25) is 0 Å². The van der Waals surface area contributed by atoms with Crippen molar-refractivity contribution in [3.63, 3.8) is 0 Å². The Labute approximate surface area is 92.0 Å². The van der Waals surface area contributed by atoms with Gasteiger partial charge in [-0.25, -0.2) is 0 Å². The van der Waals surface area contributed by atoms with E-state index in [9.17, 15) is 4.79 Å². The number of hydrogen-bond donors (Lipinski definition) is 1. The number of likely N-dealkylation sites (tertiary alicyclic amines) is 1. The Hall–Kier alpha value is -0.570. The molecule has 0 aromatic carbocycles. The smallest absolute Gasteiger partial charge is 0.224 e. The summed E-state index contributed by atoms with van der Waals surface area (Å²) in [5.41, 5.74) is 6.42. The fourth-order valence-electron chi connectivity index (χ4n) is 3.27. The summed E-state index contributed by atoms with van der Waals surface area (Å²) < 4.78 is 0. The summed E-state index contributed by atoms with van der Waals surface area (Å²) in [5, 5.41) is 0. The largest absolute Gasteiger partial charge is 0.335 e. The van der Waals surface area contributed by atoms with Crippen molar-refractivity contribution in [1.82, 2.24) is 4.90 Å². The van der Waals surface area contributed by atoms with Crippen LogP contribution in [0.4, 0.5) is 0 Å². The first-order valence-electron chi connectivity index (χ1n) is 6.02. The minimum atomic E-state index is 0.0465. The van der Waals surface area contributed by atoms with Gasteiger partial charge in [0.05, 0.1) is 6.04 Å². The second-order valence-corrected chi connectivity index (χ2v) is 5.72. The molecule has 3 heteroatoms. The van der Waals surface area contributed by atoms with Crippen molar-refractivity contribution >= 4 is 5.91 Å². The molecule has 2 unspecified atom stereocenters. The van der Waals surface area contributed by atoms with Crippen molar-refractivity contribution in [2.75, 3.05) is 0 Å². The second kappa shape index (κ2) is 3.48. The zero-order valence-corrected chi connectivity index (χ0v) is 9.99. The minimum Gasteiger partial charge on any atom is -0.335 e. The van der Waals surface area contributed by atoms with E-state index in [1.807, 2.05) is 4.90 Å². The van der Waals surface area contributed by atoms with Crippen LogP contribution >= 0.6 is 0 Å². The molecule has 2 fully saturated rings. The Morgan fingerprint density at radius 3 is 2.47 bits per heavy atom. The molecular formula is C12H22N2O. The van der Waals surface area contributed by atoms with Crippen LogP contribution in [0, 0.1) is 5.41 Å². The molecule has 0 bridgehead atoms. The van der Waals surface area contributed by atoms with Gasteiger partial charge < -0.3 is 10.6 Å². The molecule has 3 nitrogen and oxygen atoms in total. The molecule has 15 heavy (non-hydrogen) atoms. The Kier molecular flexibility index (Phi) is 2.53. The quantitative estimate of drug-likeness (QED) is 0.751. The molecule has 0 radical (unpaired) electrons. The minimum absolute atomic E-state index is 0.0465. The van der Waals surface area contributed by atoms with Gasteiger partial charge in [0, 0.05) is 18.5 Å². The van der Waals surface area contributed by atoms with Gasteiger partial charge in [0.2, 0.25) is 5.91 Å². The molecule has 0 aromatic heterocycles. The molecule has 1 saturated heterocycles. The van der Waals surface area contributed by atoms with E-state index in [0.717, 1.165) is 0 Å². The Bertz CT molecular complexity index is 271. The molecule has 0 spiro atoms. The summed E-state index contributed by atoms with van der Waals surface area (Å²) >= 11 is 0. The lowest BCUT2D eigenvalue weighted by atomic mass is 9.64. The molecule has 2 atom stereocenters. The van der Waals surface area contributed by atoms with Gasteiger partial charge in [-0.2, -0.15) is 0 Å². The van der Waals surface area contributed by atoms with Crippen LogP contribution in [-0.2, 0) is 4.79 Å². The molecule has 1 saturated carbocycles. The highest BCUT2D eigenvalue weighted by atomic mass is 16.2. The fraction of sp³-hybridized carbons (Fsp3) is 0.917. The maximum absolute atomic E-state index is 11.9. The lowest BCUT2D eigenvalue weighted by Crippen LogP contribution is -2.55. The molecule has 2 N–H and O–H groups in total. The van der Waals surface area contributed by atoms with Crippen LogP contribution in [-0.4, -0.2) is 28.9 Å². The highest BCUT2D eigenvalue weighted by molar-refractivity contribution is 5.80. The molecule has 1 amide bonds. The number of carbonyl (C=O) groups is 1. The van der Waals surface area contributed by atoms with Crippen molar-refractivity contribution in [3.05, 3.63) is 0 Å². The lowest BCUT2D eigenvalue weighted by Gasteiger charge is -2.49. The van der Waals surface area contributed by atoms with Gasteiger partial charge in [-0.05, 0) is 32.1 Å². The van der Waals surface area contributed by atoms with E-state index in [-0.39, 0.29) is 29.4 Å². The molecule has 2 rings (SSSR count). The van der Waals surface area contributed by atoms with Gasteiger partial charge in [0.15, 0.2) is 0 Å². The van der Waals surface area contributed by atoms with Crippen molar-refractivity contribution < 1.29 is 4.79 Å². The van der Waals surface area contributed by atoms with Crippen LogP contribution in [0.25, 0.3) is 0 Å². The number of nitrogens with two attached hydrogens (primary N) is 1. The van der Waals surface area contributed by atoms with Crippen molar-refractivity contribution in [3.8, 4) is 0 Å². The molecule has 1 aliphatic carbocycles. The van der Waals surface area contributed by atoms with E-state index in [1.165, 1.54) is 19.3 Å². The topological polar surface area (TPSA) is 46.3 Å². The van der Waals surface area contributed by atoms with Crippen LogP contribution in [0.1, 0.15) is 46.5 Å². The van der Waals surface area contributed by atoms with Crippen LogP contribution in [0.3, 0.4) is 0 Å². The normalized spacial score (nSPS) is 34.7. The SMILES string of the molecule is CC(C)N1C(=O)CC(N)C1C1(C)CCC1. The van der Waals surface area contributed by atoms with Crippen molar-refractivity contribution in [2.45, 2.75) is 64.6 Å². The van der Waals surface area contributed by atoms with E-state index in [1.54, 1.807) is 0 Å². The third-order valence-electron chi connectivity index (χ3n) is 4.17. The van der Waals surface area contributed by atoms with Crippen LogP contribution in [0.5, 0.6) is 0 Å². The third-order valence-corrected chi connectivity index (χ3v) is 4.17. The van der Waals surface area contributed by atoms with E-state index < -0.39 is 0 Å². The van der Waals surface area contributed by atoms with Gasteiger partial charge in [-0.15, -0.1) is 0 Å². The molecule has 86 valence electrons. The summed E-state index contributed by atoms with van der Waals surface area (Å²) in [7, 11) is 0. The fourth-order valence-corrected chi connectivity index (χ4v) is 3.27. The van der Waals surface area contributed by atoms with Gasteiger partial charge in [-0.3, -0.25) is 4.79 Å². The van der Waals surface area contributed by atoms with Crippen molar-refractivity contribution in [2.24, 2.45) is 11.1 Å². The second-order valence-electron chi connectivity index (χ2n) is 5.72. The number of amides is 1. The summed E-state index contributed by atoms with van der Waals surface area (Å²) in [6.45, 7) is 6.46. The van der Waals surface area contributed by atoms with Crippen molar-refractivity contribution in [1.29, 1.82) is 0 Å². The molecule has 1 aliphatic heterocycles. The number of rotatable bonds is 2. The summed E-state index contributed by atoms with van der Waals surface area (Å²) in [6, 6.07) is 0.609. The van der Waals surface area contributed by atoms with E-state index in [2.05, 4.69) is 20.8 Å². The first-order valence-corrected chi connectivity index (χ1v) is 6.02. The zero-order valence-electron chi connectivity index (χ0n) is 9.99. The van der Waals surface area contributed by atoms with E-state index in [4.69, 9.17) is 5.73 Å². The number of carbonyl (C=O) groups excluding carboxylic acids is 1. The average molecular weight is 210 g/mol. The van der Waals surface area contributed by atoms with Gasteiger partial charge in [0.1, 0.15) is 0 Å². The van der Waals surface area contributed by atoms with Gasteiger partial charge in [0.25, 0.3) is 0 Å². The molecule has 1 heterocycles. The maximum atomic E-state index is 11.9. The zero-order chi connectivity index (χ0) is 11.2.